The van der Waals surface area contributed by atoms with Crippen LogP contribution in [0.3, 0.4) is 0 Å². The predicted octanol–water partition coefficient (Wildman–Crippen LogP) is 5.04. The van der Waals surface area contributed by atoms with Crippen molar-refractivity contribution in [2.24, 2.45) is 0 Å². The number of hydrogen-bond acceptors (Lipinski definition) is 5. The van der Waals surface area contributed by atoms with Crippen molar-refractivity contribution in [2.75, 3.05) is 16.5 Å². The fourth-order valence-electron chi connectivity index (χ4n) is 3.24. The number of ketones is 1. The molecule has 0 saturated heterocycles. The Morgan fingerprint density at radius 3 is 2.12 bits per heavy atom. The molecule has 6 nitrogen and oxygen atoms in total. The maximum atomic E-state index is 12.5. The Balaban J connectivity index is 1.35. The third-order valence-corrected chi connectivity index (χ3v) is 6.06. The fraction of sp³-hybridized carbons (Fsp3) is 0.0833. The van der Waals surface area contributed by atoms with Crippen molar-refractivity contribution in [3.8, 4) is 0 Å². The van der Waals surface area contributed by atoms with Crippen LogP contribution in [0.5, 0.6) is 0 Å². The smallest absolute Gasteiger partial charge is 0.262 e. The first kappa shape index (κ1) is 21.7. The molecule has 2 amide bonds. The van der Waals surface area contributed by atoms with Crippen LogP contribution in [0.2, 0.25) is 0 Å². The van der Waals surface area contributed by atoms with Crippen LogP contribution in [0.15, 0.2) is 77.7 Å². The van der Waals surface area contributed by atoms with Gasteiger partial charge in [0, 0.05) is 21.8 Å². The summed E-state index contributed by atoms with van der Waals surface area (Å²) in [4.78, 5) is 38.5. The average molecular weight is 462 g/mol. The van der Waals surface area contributed by atoms with Crippen molar-refractivity contribution in [2.45, 2.75) is 11.8 Å². The van der Waals surface area contributed by atoms with Crippen molar-refractivity contribution >= 4 is 58.1 Å². The lowest BCUT2D eigenvalue weighted by Gasteiger charge is -2.14. The Morgan fingerprint density at radius 2 is 1.50 bits per heavy atom. The zero-order valence-corrected chi connectivity index (χ0v) is 18.8. The SMILES string of the molecule is CC(=O)c1ccc(NC(=S)Nc2cccc(SCN3C(=O)c4ccccc4C3=O)c2)cc1. The predicted molar refractivity (Wildman–Crippen MR) is 130 cm³/mol. The van der Waals surface area contributed by atoms with Crippen molar-refractivity contribution in [1.29, 1.82) is 0 Å². The maximum Gasteiger partial charge on any atom is 0.262 e. The van der Waals surface area contributed by atoms with Crippen molar-refractivity contribution in [1.82, 2.24) is 4.90 Å². The van der Waals surface area contributed by atoms with Crippen LogP contribution in [0.4, 0.5) is 11.4 Å². The Labute approximate surface area is 195 Å². The van der Waals surface area contributed by atoms with Crippen LogP contribution < -0.4 is 10.6 Å². The van der Waals surface area contributed by atoms with E-state index in [9.17, 15) is 14.4 Å². The van der Waals surface area contributed by atoms with E-state index in [0.29, 0.717) is 21.8 Å². The number of hydrogen-bond donors (Lipinski definition) is 2. The number of carbonyl (C=O) groups excluding carboxylic acids is 3. The quantitative estimate of drug-likeness (QED) is 0.230. The number of benzene rings is 3. The highest BCUT2D eigenvalue weighted by atomic mass is 32.2. The molecule has 0 spiro atoms. The minimum atomic E-state index is -0.270. The van der Waals surface area contributed by atoms with Gasteiger partial charge in [0.1, 0.15) is 0 Å². The largest absolute Gasteiger partial charge is 0.332 e. The number of thiocarbonyl (C=S) groups is 1. The molecular formula is C24H19N3O3S2. The van der Waals surface area contributed by atoms with Crippen molar-refractivity contribution in [3.05, 3.63) is 89.5 Å². The topological polar surface area (TPSA) is 78.5 Å². The van der Waals surface area contributed by atoms with Gasteiger partial charge in [-0.2, -0.15) is 0 Å². The molecule has 2 N–H and O–H groups in total. The lowest BCUT2D eigenvalue weighted by atomic mass is 10.1. The van der Waals surface area contributed by atoms with Gasteiger partial charge in [-0.1, -0.05) is 18.2 Å². The van der Waals surface area contributed by atoms with E-state index in [1.165, 1.54) is 23.6 Å². The van der Waals surface area contributed by atoms with E-state index < -0.39 is 0 Å². The summed E-state index contributed by atoms with van der Waals surface area (Å²) >= 11 is 6.77. The first-order valence-electron chi connectivity index (χ1n) is 9.79. The Morgan fingerprint density at radius 1 is 0.875 bits per heavy atom. The molecule has 160 valence electrons. The van der Waals surface area contributed by atoms with Gasteiger partial charge in [-0.3, -0.25) is 19.3 Å². The molecule has 0 saturated carbocycles. The number of fused-ring (bicyclic) bond motifs is 1. The summed E-state index contributed by atoms with van der Waals surface area (Å²) in [6, 6.07) is 21.5. The molecule has 3 aromatic rings. The number of Topliss-reactive ketones (excluding diaryl/α,β-unsaturated/α-hetero) is 1. The van der Waals surface area contributed by atoms with Gasteiger partial charge in [0.05, 0.1) is 17.0 Å². The first-order chi connectivity index (χ1) is 15.4. The molecular weight excluding hydrogens is 442 g/mol. The average Bonchev–Trinajstić information content (AvgIpc) is 3.03. The van der Waals surface area contributed by atoms with Gasteiger partial charge in [0.25, 0.3) is 11.8 Å². The van der Waals surface area contributed by atoms with Crippen LogP contribution in [-0.2, 0) is 0 Å². The normalized spacial score (nSPS) is 12.5. The molecule has 1 heterocycles. The van der Waals surface area contributed by atoms with Gasteiger partial charge in [0.2, 0.25) is 0 Å². The fourth-order valence-corrected chi connectivity index (χ4v) is 4.37. The highest BCUT2D eigenvalue weighted by Gasteiger charge is 2.34. The molecule has 1 aliphatic rings. The maximum absolute atomic E-state index is 12.5. The number of imide groups is 1. The van der Waals surface area contributed by atoms with Crippen LogP contribution in [0.25, 0.3) is 0 Å². The lowest BCUT2D eigenvalue weighted by molar-refractivity contribution is 0.0683. The van der Waals surface area contributed by atoms with E-state index in [1.54, 1.807) is 48.5 Å². The van der Waals surface area contributed by atoms with Gasteiger partial charge in [-0.15, -0.1) is 11.8 Å². The Bertz CT molecular complexity index is 1190. The second-order valence-corrected chi connectivity index (χ2v) is 8.52. The molecule has 8 heteroatoms. The standard InChI is InChI=1S/C24H19N3O3S2/c1-15(28)16-9-11-17(12-10-16)25-24(31)26-18-5-4-6-19(13-18)32-14-27-22(29)20-7-2-3-8-21(20)23(27)30/h2-13H,14H2,1H3,(H2,25,26,31). The lowest BCUT2D eigenvalue weighted by Crippen LogP contribution is -2.29. The molecule has 0 fully saturated rings. The highest BCUT2D eigenvalue weighted by molar-refractivity contribution is 7.99. The minimum absolute atomic E-state index is 0.00720. The van der Waals surface area contributed by atoms with E-state index in [0.717, 1.165) is 16.3 Å². The second kappa shape index (κ2) is 9.33. The third-order valence-electron chi connectivity index (χ3n) is 4.88. The molecule has 0 aromatic heterocycles. The Kier molecular flexibility index (Phi) is 6.34. The van der Waals surface area contributed by atoms with Gasteiger partial charge < -0.3 is 10.6 Å². The molecule has 0 aliphatic carbocycles. The number of amides is 2. The summed E-state index contributed by atoms with van der Waals surface area (Å²) in [6.07, 6.45) is 0. The van der Waals surface area contributed by atoms with Crippen LogP contribution >= 0.6 is 24.0 Å². The second-order valence-electron chi connectivity index (χ2n) is 7.10. The zero-order chi connectivity index (χ0) is 22.7. The summed E-state index contributed by atoms with van der Waals surface area (Å²) in [5.41, 5.74) is 3.07. The number of anilines is 2. The van der Waals surface area contributed by atoms with Crippen molar-refractivity contribution in [3.63, 3.8) is 0 Å². The summed E-state index contributed by atoms with van der Waals surface area (Å²) in [5.74, 6) is -0.309. The molecule has 0 unspecified atom stereocenters. The summed E-state index contributed by atoms with van der Waals surface area (Å²) < 4.78 is 0. The number of thioether (sulfide) groups is 1. The third kappa shape index (κ3) is 4.71. The molecule has 3 aromatic carbocycles. The van der Waals surface area contributed by atoms with Crippen LogP contribution in [0.1, 0.15) is 38.0 Å². The van der Waals surface area contributed by atoms with Gasteiger partial charge >= 0.3 is 0 Å². The molecule has 0 bridgehead atoms. The molecule has 32 heavy (non-hydrogen) atoms. The van der Waals surface area contributed by atoms with E-state index in [-0.39, 0.29) is 23.5 Å². The summed E-state index contributed by atoms with van der Waals surface area (Å²) in [6.45, 7) is 1.52. The van der Waals surface area contributed by atoms with Gasteiger partial charge in [-0.05, 0) is 73.7 Å². The Hall–Kier alpha value is -3.49. The minimum Gasteiger partial charge on any atom is -0.332 e. The number of rotatable bonds is 6. The highest BCUT2D eigenvalue weighted by Crippen LogP contribution is 2.28. The summed E-state index contributed by atoms with van der Waals surface area (Å²) in [5, 5.41) is 6.61. The van der Waals surface area contributed by atoms with E-state index in [2.05, 4.69) is 10.6 Å². The number of nitrogens with zero attached hydrogens (tertiary/aromatic N) is 1. The monoisotopic (exact) mass is 461 g/mol. The van der Waals surface area contributed by atoms with E-state index >= 15 is 0 Å². The van der Waals surface area contributed by atoms with Crippen LogP contribution in [0, 0.1) is 0 Å². The molecule has 0 atom stereocenters. The van der Waals surface area contributed by atoms with E-state index in [4.69, 9.17) is 12.2 Å². The van der Waals surface area contributed by atoms with Crippen molar-refractivity contribution < 1.29 is 14.4 Å². The van der Waals surface area contributed by atoms with E-state index in [1.807, 2.05) is 24.3 Å². The van der Waals surface area contributed by atoms with Crippen LogP contribution in [-0.4, -0.2) is 33.5 Å². The number of nitrogens with one attached hydrogen (secondary N) is 2. The van der Waals surface area contributed by atoms with Gasteiger partial charge in [-0.25, -0.2) is 0 Å². The molecule has 0 radical (unpaired) electrons. The zero-order valence-electron chi connectivity index (χ0n) is 17.1. The number of carbonyl (C=O) groups is 3. The summed E-state index contributed by atoms with van der Waals surface area (Å²) in [7, 11) is 0. The van der Waals surface area contributed by atoms with Gasteiger partial charge in [0.15, 0.2) is 10.9 Å². The molecule has 4 rings (SSSR count). The first-order valence-corrected chi connectivity index (χ1v) is 11.2. The molecule has 1 aliphatic heterocycles.